The fraction of sp³-hybridized carbons (Fsp3) is 0.600. The number of carboxylic acids is 1. The van der Waals surface area contributed by atoms with Crippen LogP contribution >= 0.6 is 0 Å². The van der Waals surface area contributed by atoms with Crippen molar-refractivity contribution in [3.05, 3.63) is 12.7 Å². The van der Waals surface area contributed by atoms with Crippen molar-refractivity contribution >= 4 is 11.9 Å². The molecule has 0 heterocycles. The zero-order valence-electron chi connectivity index (χ0n) is 8.03. The molecule has 1 aliphatic rings. The maximum Gasteiger partial charge on any atom is 0.330 e. The Kier molecular flexibility index (Phi) is 3.68. The van der Waals surface area contributed by atoms with Gasteiger partial charge in [-0.3, -0.25) is 4.79 Å². The van der Waals surface area contributed by atoms with Crippen LogP contribution in [-0.2, 0) is 9.59 Å². The summed E-state index contributed by atoms with van der Waals surface area (Å²) in [6.07, 6.45) is 5.09. The van der Waals surface area contributed by atoms with Crippen molar-refractivity contribution in [2.24, 2.45) is 5.92 Å². The highest BCUT2D eigenvalue weighted by atomic mass is 16.4. The first-order chi connectivity index (χ1) is 6.65. The number of carboxylic acid groups (broad SMARTS) is 1. The fourth-order valence-corrected chi connectivity index (χ4v) is 1.68. The second-order valence-electron chi connectivity index (χ2n) is 3.54. The molecular formula is C10H15NO3. The Balaban J connectivity index is 2.45. The maximum atomic E-state index is 11.5. The maximum absolute atomic E-state index is 11.5. The number of hydrogen-bond donors (Lipinski definition) is 2. The van der Waals surface area contributed by atoms with Crippen molar-refractivity contribution in [1.29, 1.82) is 0 Å². The summed E-state index contributed by atoms with van der Waals surface area (Å²) >= 11 is 0. The standard InChI is InChI=1S/C10H15NO3/c1-2-8(10(13)14)11-9(12)7-5-3-4-6-7/h2,7-8H,1,3-6H2,(H,11,12)(H,13,14). The molecule has 1 aliphatic carbocycles. The van der Waals surface area contributed by atoms with Crippen LogP contribution in [0, 0.1) is 5.92 Å². The van der Waals surface area contributed by atoms with Gasteiger partial charge in [0.05, 0.1) is 0 Å². The lowest BCUT2D eigenvalue weighted by Gasteiger charge is -2.13. The minimum Gasteiger partial charge on any atom is -0.479 e. The molecule has 0 aromatic carbocycles. The largest absolute Gasteiger partial charge is 0.479 e. The van der Waals surface area contributed by atoms with Gasteiger partial charge in [0.1, 0.15) is 6.04 Å². The summed E-state index contributed by atoms with van der Waals surface area (Å²) in [5, 5.41) is 11.1. The lowest BCUT2D eigenvalue weighted by atomic mass is 10.1. The third-order valence-corrected chi connectivity index (χ3v) is 2.53. The molecule has 14 heavy (non-hydrogen) atoms. The van der Waals surface area contributed by atoms with E-state index in [1.54, 1.807) is 0 Å². The van der Waals surface area contributed by atoms with Crippen LogP contribution in [0.3, 0.4) is 0 Å². The summed E-state index contributed by atoms with van der Waals surface area (Å²) in [5.41, 5.74) is 0. The molecule has 4 heteroatoms. The molecule has 0 bridgehead atoms. The van der Waals surface area contributed by atoms with Crippen LogP contribution in [0.15, 0.2) is 12.7 Å². The van der Waals surface area contributed by atoms with Gasteiger partial charge >= 0.3 is 5.97 Å². The van der Waals surface area contributed by atoms with E-state index >= 15 is 0 Å². The number of nitrogens with one attached hydrogen (secondary N) is 1. The Labute approximate surface area is 83.0 Å². The average molecular weight is 197 g/mol. The molecule has 0 aliphatic heterocycles. The van der Waals surface area contributed by atoms with E-state index in [0.717, 1.165) is 25.7 Å². The smallest absolute Gasteiger partial charge is 0.330 e. The van der Waals surface area contributed by atoms with E-state index in [1.165, 1.54) is 6.08 Å². The van der Waals surface area contributed by atoms with Crippen molar-refractivity contribution < 1.29 is 14.7 Å². The van der Waals surface area contributed by atoms with Crippen LogP contribution in [0.2, 0.25) is 0 Å². The first kappa shape index (κ1) is 10.8. The molecule has 78 valence electrons. The number of carbonyl (C=O) groups excluding carboxylic acids is 1. The average Bonchev–Trinajstić information content (AvgIpc) is 2.65. The minimum absolute atomic E-state index is 0.00296. The van der Waals surface area contributed by atoms with Crippen molar-refractivity contribution in [3.8, 4) is 0 Å². The second-order valence-corrected chi connectivity index (χ2v) is 3.54. The Morgan fingerprint density at radius 3 is 2.43 bits per heavy atom. The Hall–Kier alpha value is -1.32. The molecule has 0 spiro atoms. The highest BCUT2D eigenvalue weighted by Gasteiger charge is 2.25. The third-order valence-electron chi connectivity index (χ3n) is 2.53. The van der Waals surface area contributed by atoms with Crippen molar-refractivity contribution in [3.63, 3.8) is 0 Å². The Morgan fingerprint density at radius 1 is 1.43 bits per heavy atom. The zero-order chi connectivity index (χ0) is 10.6. The monoisotopic (exact) mass is 197 g/mol. The van der Waals surface area contributed by atoms with Crippen molar-refractivity contribution in [2.75, 3.05) is 0 Å². The topological polar surface area (TPSA) is 66.4 Å². The summed E-state index contributed by atoms with van der Waals surface area (Å²) in [5.74, 6) is -1.22. The quantitative estimate of drug-likeness (QED) is 0.659. The van der Waals surface area contributed by atoms with Gasteiger partial charge in [-0.05, 0) is 12.8 Å². The Bertz CT molecular complexity index is 244. The lowest BCUT2D eigenvalue weighted by molar-refractivity contribution is -0.141. The number of hydrogen-bond acceptors (Lipinski definition) is 2. The number of amides is 1. The molecule has 0 aromatic rings. The van der Waals surface area contributed by atoms with Crippen LogP contribution in [-0.4, -0.2) is 23.0 Å². The molecule has 1 saturated carbocycles. The van der Waals surface area contributed by atoms with Gasteiger partial charge in [-0.15, -0.1) is 6.58 Å². The molecule has 1 atom stereocenters. The fourth-order valence-electron chi connectivity index (χ4n) is 1.68. The predicted octanol–water partition coefficient (Wildman–Crippen LogP) is 0.932. The number of carbonyl (C=O) groups is 2. The lowest BCUT2D eigenvalue weighted by Crippen LogP contribution is -2.41. The molecule has 0 radical (unpaired) electrons. The summed E-state index contributed by atoms with van der Waals surface area (Å²) < 4.78 is 0. The van der Waals surface area contributed by atoms with E-state index in [4.69, 9.17) is 5.11 Å². The van der Waals surface area contributed by atoms with E-state index < -0.39 is 12.0 Å². The van der Waals surface area contributed by atoms with Gasteiger partial charge < -0.3 is 10.4 Å². The molecule has 0 aromatic heterocycles. The van der Waals surface area contributed by atoms with E-state index in [-0.39, 0.29) is 11.8 Å². The molecule has 1 unspecified atom stereocenters. The number of rotatable bonds is 4. The predicted molar refractivity (Wildman–Crippen MR) is 51.7 cm³/mol. The van der Waals surface area contributed by atoms with Gasteiger partial charge in [-0.1, -0.05) is 18.9 Å². The molecular weight excluding hydrogens is 182 g/mol. The van der Waals surface area contributed by atoms with Gasteiger partial charge in [-0.2, -0.15) is 0 Å². The van der Waals surface area contributed by atoms with Gasteiger partial charge in [0, 0.05) is 5.92 Å². The summed E-state index contributed by atoms with van der Waals surface area (Å²) in [6, 6.07) is -0.955. The summed E-state index contributed by atoms with van der Waals surface area (Å²) in [4.78, 5) is 22.1. The van der Waals surface area contributed by atoms with Gasteiger partial charge in [0.15, 0.2) is 0 Å². The van der Waals surface area contributed by atoms with Gasteiger partial charge in [0.25, 0.3) is 0 Å². The van der Waals surface area contributed by atoms with Crippen molar-refractivity contribution in [1.82, 2.24) is 5.32 Å². The van der Waals surface area contributed by atoms with E-state index in [1.807, 2.05) is 0 Å². The number of aliphatic carboxylic acids is 1. The molecule has 1 fully saturated rings. The van der Waals surface area contributed by atoms with Gasteiger partial charge in [0.2, 0.25) is 5.91 Å². The van der Waals surface area contributed by atoms with Gasteiger partial charge in [-0.25, -0.2) is 4.79 Å². The normalized spacial score (nSPS) is 18.9. The van der Waals surface area contributed by atoms with Crippen LogP contribution < -0.4 is 5.32 Å². The van der Waals surface area contributed by atoms with Crippen LogP contribution in [0.5, 0.6) is 0 Å². The molecule has 4 nitrogen and oxygen atoms in total. The van der Waals surface area contributed by atoms with E-state index in [2.05, 4.69) is 11.9 Å². The highest BCUT2D eigenvalue weighted by Crippen LogP contribution is 2.24. The molecule has 2 N–H and O–H groups in total. The van der Waals surface area contributed by atoms with E-state index in [0.29, 0.717) is 0 Å². The summed E-state index contributed by atoms with van der Waals surface area (Å²) in [7, 11) is 0. The molecule has 1 rings (SSSR count). The SMILES string of the molecule is C=CC(NC(=O)C1CCCC1)C(=O)O. The third kappa shape index (κ3) is 2.58. The zero-order valence-corrected chi connectivity index (χ0v) is 8.03. The summed E-state index contributed by atoms with van der Waals surface area (Å²) in [6.45, 7) is 3.37. The second kappa shape index (κ2) is 4.79. The first-order valence-electron chi connectivity index (χ1n) is 4.81. The van der Waals surface area contributed by atoms with E-state index in [9.17, 15) is 9.59 Å². The van der Waals surface area contributed by atoms with Crippen molar-refractivity contribution in [2.45, 2.75) is 31.7 Å². The molecule has 0 saturated heterocycles. The van der Waals surface area contributed by atoms with Crippen LogP contribution in [0.1, 0.15) is 25.7 Å². The Morgan fingerprint density at radius 2 is 2.00 bits per heavy atom. The highest BCUT2D eigenvalue weighted by molar-refractivity contribution is 5.86. The van der Waals surface area contributed by atoms with Crippen LogP contribution in [0.4, 0.5) is 0 Å². The van der Waals surface area contributed by atoms with Crippen LogP contribution in [0.25, 0.3) is 0 Å². The first-order valence-corrected chi connectivity index (χ1v) is 4.81. The minimum atomic E-state index is -1.06. The molecule has 1 amide bonds.